The summed E-state index contributed by atoms with van der Waals surface area (Å²) in [5.41, 5.74) is -0.340. The Morgan fingerprint density at radius 3 is 2.00 bits per heavy atom. The molecular formula is C13H6Cl2N4Na2O7S2. The van der Waals surface area contributed by atoms with Crippen molar-refractivity contribution in [2.45, 2.75) is 9.79 Å². The Balaban J connectivity index is 0.00000225. The minimum atomic E-state index is -5.08. The second kappa shape index (κ2) is 10.1. The topological polar surface area (TPSA) is 185 Å². The average Bonchev–Trinajstić information content (AvgIpc) is 2.51. The van der Waals surface area contributed by atoms with E-state index in [1.807, 2.05) is 0 Å². The Hall–Kier alpha value is -0.290. The second-order valence-corrected chi connectivity index (χ2v) is 8.62. The van der Waals surface area contributed by atoms with Crippen molar-refractivity contribution in [1.82, 2.24) is 15.0 Å². The third kappa shape index (κ3) is 6.15. The van der Waals surface area contributed by atoms with Gasteiger partial charge in [-0.1, -0.05) is 17.9 Å². The first-order valence-corrected chi connectivity index (χ1v) is 10.5. The summed E-state index contributed by atoms with van der Waals surface area (Å²) in [6, 6.07) is 3.47. The molecule has 3 rings (SSSR count). The van der Waals surface area contributed by atoms with Crippen LogP contribution in [0, 0.1) is 0 Å². The van der Waals surface area contributed by atoms with Crippen LogP contribution in [-0.2, 0) is 20.2 Å². The number of fused-ring (bicyclic) bond motifs is 1. The minimum absolute atomic E-state index is 0. The molecule has 0 saturated carbocycles. The van der Waals surface area contributed by atoms with Crippen molar-refractivity contribution in [2.75, 3.05) is 5.32 Å². The molecule has 0 aliphatic carbocycles. The number of halogens is 2. The van der Waals surface area contributed by atoms with Gasteiger partial charge in [0.1, 0.15) is 15.0 Å². The molecule has 3 aromatic rings. The van der Waals surface area contributed by atoms with Gasteiger partial charge in [-0.2, -0.15) is 23.4 Å². The summed E-state index contributed by atoms with van der Waals surface area (Å²) in [6.45, 7) is 0. The largest absolute Gasteiger partial charge is 1.00 e. The number of benzene rings is 2. The van der Waals surface area contributed by atoms with E-state index >= 15 is 0 Å². The van der Waals surface area contributed by atoms with E-state index in [-0.39, 0.29) is 86.7 Å². The summed E-state index contributed by atoms with van der Waals surface area (Å²) in [4.78, 5) is 9.01. The average molecular weight is 511 g/mol. The molecule has 0 aliphatic heterocycles. The molecule has 1 aromatic heterocycles. The first kappa shape index (κ1) is 27.7. The standard InChI is InChI=1S/C13H8Cl2N4O7S2.2Na/c14-11-17-12(15)19-13(18-11)16-8-2-1-6-7(10(8)28(24,25)26)3-5(4-9(6)20)27(21,22)23;;/h1-4,20H,(H,21,22,23)(H,24,25,26)(H,16,17,18,19);;/q;2*+1/p-2. The Labute approximate surface area is 224 Å². The van der Waals surface area contributed by atoms with Crippen LogP contribution in [0.1, 0.15) is 0 Å². The summed E-state index contributed by atoms with van der Waals surface area (Å²) in [5.74, 6) is -1.24. The second-order valence-electron chi connectivity index (χ2n) is 5.21. The van der Waals surface area contributed by atoms with E-state index in [0.717, 1.165) is 12.1 Å². The zero-order valence-corrected chi connectivity index (χ0v) is 22.3. The van der Waals surface area contributed by atoms with Gasteiger partial charge in [-0.3, -0.25) is 4.55 Å². The maximum atomic E-state index is 12.1. The summed E-state index contributed by atoms with van der Waals surface area (Å²) < 4.78 is 67.3. The maximum Gasteiger partial charge on any atom is 1.00 e. The van der Waals surface area contributed by atoms with Crippen LogP contribution in [0.15, 0.2) is 34.1 Å². The molecule has 1 heterocycles. The number of hydrogen-bond acceptors (Lipinski definition) is 10. The number of nitrogens with one attached hydrogen (secondary N) is 1. The van der Waals surface area contributed by atoms with Gasteiger partial charge < -0.3 is 15.0 Å². The van der Waals surface area contributed by atoms with E-state index in [9.17, 15) is 31.0 Å². The monoisotopic (exact) mass is 510 g/mol. The Bertz CT molecular complexity index is 1320. The van der Waals surface area contributed by atoms with Gasteiger partial charge in [-0.15, -0.1) is 0 Å². The molecule has 2 aromatic carbocycles. The molecule has 0 fully saturated rings. The molecule has 0 spiro atoms. The fraction of sp³-hybridized carbons (Fsp3) is 0. The van der Waals surface area contributed by atoms with E-state index in [2.05, 4.69) is 20.3 Å². The van der Waals surface area contributed by atoms with Crippen LogP contribution in [0.25, 0.3) is 10.8 Å². The molecule has 0 unspecified atom stereocenters. The van der Waals surface area contributed by atoms with Crippen LogP contribution in [0.3, 0.4) is 0 Å². The van der Waals surface area contributed by atoms with Crippen molar-refractivity contribution in [3.63, 3.8) is 0 Å². The van der Waals surface area contributed by atoms with Gasteiger partial charge in [-0.05, 0) is 40.7 Å². The van der Waals surface area contributed by atoms with Crippen LogP contribution >= 0.6 is 23.2 Å². The predicted molar refractivity (Wildman–Crippen MR) is 94.3 cm³/mol. The molecule has 2 N–H and O–H groups in total. The van der Waals surface area contributed by atoms with Crippen molar-refractivity contribution in [3.8, 4) is 5.75 Å². The van der Waals surface area contributed by atoms with Crippen molar-refractivity contribution in [1.29, 1.82) is 0 Å². The number of rotatable bonds is 4. The van der Waals surface area contributed by atoms with Crippen molar-refractivity contribution >= 4 is 65.8 Å². The maximum absolute atomic E-state index is 12.1. The summed E-state index contributed by atoms with van der Waals surface area (Å²) >= 11 is 11.3. The van der Waals surface area contributed by atoms with Crippen molar-refractivity contribution in [2.24, 2.45) is 0 Å². The quantitative estimate of drug-likeness (QED) is 0.253. The Morgan fingerprint density at radius 1 is 0.933 bits per heavy atom. The van der Waals surface area contributed by atoms with Crippen LogP contribution in [-0.4, -0.2) is 40.9 Å². The van der Waals surface area contributed by atoms with Gasteiger partial charge in [0.15, 0.2) is 0 Å². The van der Waals surface area contributed by atoms with E-state index in [1.54, 1.807) is 0 Å². The molecule has 0 aliphatic rings. The number of anilines is 2. The molecule has 148 valence electrons. The summed E-state index contributed by atoms with van der Waals surface area (Å²) in [5, 5.41) is 13.2. The molecule has 0 amide bonds. The first-order chi connectivity index (χ1) is 12.9. The number of hydrogen-bond donors (Lipinski definition) is 2. The van der Waals surface area contributed by atoms with E-state index in [4.69, 9.17) is 23.2 Å². The zero-order valence-electron chi connectivity index (χ0n) is 15.1. The van der Waals surface area contributed by atoms with Gasteiger partial charge in [0.25, 0.3) is 10.1 Å². The predicted octanol–water partition coefficient (Wildman–Crippen LogP) is -4.69. The van der Waals surface area contributed by atoms with Crippen LogP contribution in [0.2, 0.25) is 10.6 Å². The van der Waals surface area contributed by atoms with Crippen molar-refractivity contribution < 1.29 is 90.2 Å². The van der Waals surface area contributed by atoms with Crippen LogP contribution < -0.4 is 69.5 Å². The fourth-order valence-electron chi connectivity index (χ4n) is 2.37. The molecule has 0 bridgehead atoms. The Morgan fingerprint density at radius 2 is 1.50 bits per heavy atom. The molecule has 30 heavy (non-hydrogen) atoms. The third-order valence-corrected chi connectivity index (χ3v) is 5.50. The van der Waals surface area contributed by atoms with Crippen LogP contribution in [0.4, 0.5) is 11.6 Å². The van der Waals surface area contributed by atoms with Gasteiger partial charge in [0.05, 0.1) is 10.6 Å². The first-order valence-electron chi connectivity index (χ1n) is 6.91. The Kier molecular flexibility index (Phi) is 9.34. The summed E-state index contributed by atoms with van der Waals surface area (Å²) in [7, 11) is -10.1. The van der Waals surface area contributed by atoms with Crippen LogP contribution in [0.5, 0.6) is 5.75 Å². The molecule has 0 radical (unpaired) electrons. The van der Waals surface area contributed by atoms with E-state index in [1.165, 1.54) is 0 Å². The molecule has 17 heteroatoms. The fourth-order valence-corrected chi connectivity index (χ4v) is 4.09. The van der Waals surface area contributed by atoms with Gasteiger partial charge in [0.2, 0.25) is 16.5 Å². The van der Waals surface area contributed by atoms with E-state index in [0.29, 0.717) is 12.1 Å². The normalized spacial score (nSPS) is 11.5. The number of aromatic nitrogens is 3. The third-order valence-electron chi connectivity index (χ3n) is 3.40. The number of nitrogens with zero attached hydrogens (tertiary/aromatic N) is 3. The van der Waals surface area contributed by atoms with Gasteiger partial charge in [0, 0.05) is 5.39 Å². The zero-order chi connectivity index (χ0) is 20.9. The van der Waals surface area contributed by atoms with Gasteiger partial charge >= 0.3 is 59.1 Å². The smallest absolute Gasteiger partial charge is 0.872 e. The van der Waals surface area contributed by atoms with Gasteiger partial charge in [-0.25, -0.2) is 8.42 Å². The molecule has 11 nitrogen and oxygen atoms in total. The summed E-state index contributed by atoms with van der Waals surface area (Å²) in [6.07, 6.45) is 0. The van der Waals surface area contributed by atoms with Crippen molar-refractivity contribution in [3.05, 3.63) is 34.8 Å². The SMILES string of the molecule is O=S(=O)([O-])c1cc([O-])c2ccc(Nc3nc(Cl)nc(Cl)n3)c(S(=O)(=O)O)c2c1.[Na+].[Na+]. The molecule has 0 saturated heterocycles. The minimum Gasteiger partial charge on any atom is -0.872 e. The molecule has 0 atom stereocenters. The van der Waals surface area contributed by atoms with E-state index < -0.39 is 41.2 Å². The molecular weight excluding hydrogens is 505 g/mol.